The molecule has 0 bridgehead atoms. The van der Waals surface area contributed by atoms with E-state index in [0.717, 1.165) is 16.7 Å². The first-order valence-electron chi connectivity index (χ1n) is 6.19. The largest absolute Gasteiger partial charge is 0.320 e. The minimum Gasteiger partial charge on any atom is -0.320 e. The van der Waals surface area contributed by atoms with Crippen molar-refractivity contribution in [3.63, 3.8) is 0 Å². The molecule has 0 heterocycles. The summed E-state index contributed by atoms with van der Waals surface area (Å²) in [5.41, 5.74) is 9.44. The third-order valence-electron chi connectivity index (χ3n) is 3.43. The second-order valence-corrected chi connectivity index (χ2v) is 4.91. The number of hydrogen-bond donors (Lipinski definition) is 1. The molecule has 0 saturated heterocycles. The Kier molecular flexibility index (Phi) is 3.67. The normalized spacial score (nSPS) is 12.5. The highest BCUT2D eigenvalue weighted by atomic mass is 19.1. The fourth-order valence-corrected chi connectivity index (χ4v) is 2.48. The summed E-state index contributed by atoms with van der Waals surface area (Å²) >= 11 is 0. The molecule has 0 aliphatic heterocycles. The number of rotatable bonds is 2. The summed E-state index contributed by atoms with van der Waals surface area (Å²) in [5.74, 6) is -0.589. The average molecular weight is 261 g/mol. The highest BCUT2D eigenvalue weighted by Crippen LogP contribution is 2.29. The van der Waals surface area contributed by atoms with Crippen molar-refractivity contribution >= 4 is 0 Å². The van der Waals surface area contributed by atoms with Gasteiger partial charge in [-0.25, -0.2) is 8.78 Å². The van der Waals surface area contributed by atoms with Crippen LogP contribution in [-0.2, 0) is 0 Å². The van der Waals surface area contributed by atoms with Gasteiger partial charge in [0.2, 0.25) is 0 Å². The smallest absolute Gasteiger partial charge is 0.131 e. The molecule has 1 nitrogen and oxygen atoms in total. The molecule has 2 aromatic rings. The number of benzene rings is 2. The van der Waals surface area contributed by atoms with E-state index in [4.69, 9.17) is 5.73 Å². The van der Waals surface area contributed by atoms with Crippen LogP contribution in [0.1, 0.15) is 33.9 Å². The van der Waals surface area contributed by atoms with Crippen LogP contribution in [0, 0.1) is 32.4 Å². The zero-order valence-corrected chi connectivity index (χ0v) is 11.3. The first-order valence-corrected chi connectivity index (χ1v) is 6.19. The van der Waals surface area contributed by atoms with Crippen LogP contribution < -0.4 is 5.73 Å². The number of halogens is 2. The lowest BCUT2D eigenvalue weighted by Gasteiger charge is -2.19. The van der Waals surface area contributed by atoms with Crippen LogP contribution >= 0.6 is 0 Å². The van der Waals surface area contributed by atoms with E-state index in [1.165, 1.54) is 12.1 Å². The SMILES string of the molecule is Cc1cccc(C(N)c2c(C)cc(F)cc2C)c1F. The van der Waals surface area contributed by atoms with Gasteiger partial charge in [0.15, 0.2) is 0 Å². The molecule has 0 aliphatic rings. The first-order chi connectivity index (χ1) is 8.91. The van der Waals surface area contributed by atoms with E-state index >= 15 is 0 Å². The zero-order valence-electron chi connectivity index (χ0n) is 11.3. The Morgan fingerprint density at radius 2 is 1.53 bits per heavy atom. The standard InChI is InChI=1S/C16H17F2N/c1-9-5-4-6-13(15(9)18)16(19)14-10(2)7-12(17)8-11(14)3/h4-8,16H,19H2,1-3H3. The van der Waals surface area contributed by atoms with Crippen molar-refractivity contribution in [2.45, 2.75) is 26.8 Å². The van der Waals surface area contributed by atoms with E-state index in [1.54, 1.807) is 39.0 Å². The van der Waals surface area contributed by atoms with Gasteiger partial charge < -0.3 is 5.73 Å². The molecule has 0 saturated carbocycles. The van der Waals surface area contributed by atoms with Gasteiger partial charge in [-0.15, -0.1) is 0 Å². The molecule has 2 rings (SSSR count). The van der Waals surface area contributed by atoms with Crippen molar-refractivity contribution in [3.8, 4) is 0 Å². The number of nitrogens with two attached hydrogens (primary N) is 1. The van der Waals surface area contributed by atoms with Gasteiger partial charge in [-0.05, 0) is 55.2 Å². The van der Waals surface area contributed by atoms with Crippen LogP contribution in [0.3, 0.4) is 0 Å². The molecule has 0 radical (unpaired) electrons. The predicted octanol–water partition coefficient (Wildman–Crippen LogP) is 3.94. The van der Waals surface area contributed by atoms with Crippen molar-refractivity contribution in [3.05, 3.63) is 69.8 Å². The van der Waals surface area contributed by atoms with Gasteiger partial charge in [0.05, 0.1) is 6.04 Å². The molecule has 0 spiro atoms. The molecule has 0 aliphatic carbocycles. The zero-order chi connectivity index (χ0) is 14.2. The first kappa shape index (κ1) is 13.7. The summed E-state index contributed by atoms with van der Waals surface area (Å²) in [6.07, 6.45) is 0. The Morgan fingerprint density at radius 1 is 0.947 bits per heavy atom. The summed E-state index contributed by atoms with van der Waals surface area (Å²) in [4.78, 5) is 0. The van der Waals surface area contributed by atoms with E-state index in [1.807, 2.05) is 0 Å². The maximum Gasteiger partial charge on any atom is 0.131 e. The molecule has 2 aromatic carbocycles. The second-order valence-electron chi connectivity index (χ2n) is 4.91. The number of aryl methyl sites for hydroxylation is 3. The van der Waals surface area contributed by atoms with Gasteiger partial charge >= 0.3 is 0 Å². The third kappa shape index (κ3) is 2.51. The second kappa shape index (κ2) is 5.10. The van der Waals surface area contributed by atoms with E-state index in [9.17, 15) is 8.78 Å². The Morgan fingerprint density at radius 3 is 2.11 bits per heavy atom. The minimum absolute atomic E-state index is 0.293. The molecule has 100 valence electrons. The summed E-state index contributed by atoms with van der Waals surface area (Å²) in [5, 5.41) is 0. The number of hydrogen-bond acceptors (Lipinski definition) is 1. The molecule has 19 heavy (non-hydrogen) atoms. The van der Waals surface area contributed by atoms with Gasteiger partial charge in [0, 0.05) is 5.56 Å². The Bertz CT molecular complexity index is 597. The van der Waals surface area contributed by atoms with E-state index < -0.39 is 6.04 Å². The summed E-state index contributed by atoms with van der Waals surface area (Å²) in [6, 6.07) is 7.43. The lowest BCUT2D eigenvalue weighted by molar-refractivity contribution is 0.589. The van der Waals surface area contributed by atoms with Crippen molar-refractivity contribution < 1.29 is 8.78 Å². The molecule has 1 atom stereocenters. The van der Waals surface area contributed by atoms with Crippen molar-refractivity contribution in [2.75, 3.05) is 0 Å². The summed E-state index contributed by atoms with van der Waals surface area (Å²) < 4.78 is 27.4. The summed E-state index contributed by atoms with van der Waals surface area (Å²) in [7, 11) is 0. The molecule has 2 N–H and O–H groups in total. The fourth-order valence-electron chi connectivity index (χ4n) is 2.48. The average Bonchev–Trinajstić information content (AvgIpc) is 2.31. The maximum atomic E-state index is 14.1. The Hall–Kier alpha value is -1.74. The van der Waals surface area contributed by atoms with Crippen LogP contribution in [0.25, 0.3) is 0 Å². The maximum absolute atomic E-state index is 14.1. The topological polar surface area (TPSA) is 26.0 Å². The monoisotopic (exact) mass is 261 g/mol. The molecule has 1 unspecified atom stereocenters. The quantitative estimate of drug-likeness (QED) is 0.870. The minimum atomic E-state index is -0.583. The summed E-state index contributed by atoms with van der Waals surface area (Å²) in [6.45, 7) is 5.29. The highest BCUT2D eigenvalue weighted by Gasteiger charge is 2.19. The van der Waals surface area contributed by atoms with Crippen LogP contribution in [-0.4, -0.2) is 0 Å². The van der Waals surface area contributed by atoms with Crippen LogP contribution in [0.5, 0.6) is 0 Å². The van der Waals surface area contributed by atoms with Gasteiger partial charge in [0.1, 0.15) is 11.6 Å². The van der Waals surface area contributed by atoms with Gasteiger partial charge in [-0.2, -0.15) is 0 Å². The molecule has 0 aromatic heterocycles. The highest BCUT2D eigenvalue weighted by molar-refractivity contribution is 5.43. The lowest BCUT2D eigenvalue weighted by atomic mass is 9.91. The molecule has 3 heteroatoms. The lowest BCUT2D eigenvalue weighted by Crippen LogP contribution is -2.17. The van der Waals surface area contributed by atoms with Crippen molar-refractivity contribution in [1.82, 2.24) is 0 Å². The van der Waals surface area contributed by atoms with Crippen LogP contribution in [0.15, 0.2) is 30.3 Å². The molecular weight excluding hydrogens is 244 g/mol. The van der Waals surface area contributed by atoms with E-state index in [-0.39, 0.29) is 11.6 Å². The van der Waals surface area contributed by atoms with Gasteiger partial charge in [-0.3, -0.25) is 0 Å². The third-order valence-corrected chi connectivity index (χ3v) is 3.43. The fraction of sp³-hybridized carbons (Fsp3) is 0.250. The predicted molar refractivity (Wildman–Crippen MR) is 73.0 cm³/mol. The van der Waals surface area contributed by atoms with E-state index in [2.05, 4.69) is 0 Å². The van der Waals surface area contributed by atoms with Gasteiger partial charge in [-0.1, -0.05) is 18.2 Å². The van der Waals surface area contributed by atoms with E-state index in [0.29, 0.717) is 11.1 Å². The van der Waals surface area contributed by atoms with Gasteiger partial charge in [0.25, 0.3) is 0 Å². The van der Waals surface area contributed by atoms with Crippen LogP contribution in [0.4, 0.5) is 8.78 Å². The van der Waals surface area contributed by atoms with Crippen molar-refractivity contribution in [2.24, 2.45) is 5.73 Å². The van der Waals surface area contributed by atoms with Crippen molar-refractivity contribution in [1.29, 1.82) is 0 Å². The molecular formula is C16H17F2N. The van der Waals surface area contributed by atoms with Crippen LogP contribution in [0.2, 0.25) is 0 Å². The molecule has 0 amide bonds. The Balaban J connectivity index is 2.56. The Labute approximate surface area is 112 Å². The molecule has 0 fully saturated rings.